The van der Waals surface area contributed by atoms with E-state index in [9.17, 15) is 24.8 Å². The molecule has 0 spiro atoms. The molecular weight excluding hydrogens is 476 g/mol. The molecule has 3 rings (SSSR count). The Morgan fingerprint density at radius 2 is 1.77 bits per heavy atom. The number of ether oxygens (including phenoxy) is 3. The number of amides is 1. The molecule has 0 aromatic heterocycles. The summed E-state index contributed by atoms with van der Waals surface area (Å²) in [5, 5.41) is 22.4. The maximum absolute atomic E-state index is 12.7. The topological polar surface area (TPSA) is 138 Å². The molecule has 11 heteroatoms. The molecule has 0 fully saturated rings. The van der Waals surface area contributed by atoms with Gasteiger partial charge in [-0.25, -0.2) is 9.79 Å². The summed E-state index contributed by atoms with van der Waals surface area (Å²) in [6.45, 7) is 3.49. The van der Waals surface area contributed by atoms with E-state index < -0.39 is 22.6 Å². The number of benzene rings is 2. The molecule has 2 aromatic carbocycles. The fourth-order valence-electron chi connectivity index (χ4n) is 3.14. The average Bonchev–Trinajstić information content (AvgIpc) is 3.13. The quantitative estimate of drug-likeness (QED) is 0.329. The highest BCUT2D eigenvalue weighted by Crippen LogP contribution is 2.42. The molecular formula is C24H22N2O8S. The lowest BCUT2D eigenvalue weighted by atomic mass is 10.1. The number of hydrogen-bond donors (Lipinski definition) is 1. The van der Waals surface area contributed by atoms with Crippen molar-refractivity contribution >= 4 is 40.4 Å². The minimum Gasteiger partial charge on any atom is -0.506 e. The fraction of sp³-hybridized carbons (Fsp3) is 0.208. The second kappa shape index (κ2) is 10.9. The van der Waals surface area contributed by atoms with E-state index in [1.807, 2.05) is 6.92 Å². The highest BCUT2D eigenvalue weighted by molar-refractivity contribution is 8.18. The molecule has 10 nitrogen and oxygen atoms in total. The Balaban J connectivity index is 2.12. The van der Waals surface area contributed by atoms with Gasteiger partial charge in [-0.2, -0.15) is 0 Å². The summed E-state index contributed by atoms with van der Waals surface area (Å²) >= 11 is 0.817. The molecule has 182 valence electrons. The van der Waals surface area contributed by atoms with E-state index in [4.69, 9.17) is 14.2 Å². The summed E-state index contributed by atoms with van der Waals surface area (Å²) < 4.78 is 15.4. The Hall–Kier alpha value is -4.12. The third-order valence-corrected chi connectivity index (χ3v) is 5.91. The van der Waals surface area contributed by atoms with E-state index in [0.29, 0.717) is 5.56 Å². The van der Waals surface area contributed by atoms with Crippen LogP contribution in [-0.4, -0.2) is 47.8 Å². The maximum Gasteiger partial charge on any atom is 0.344 e. The van der Waals surface area contributed by atoms with E-state index >= 15 is 0 Å². The van der Waals surface area contributed by atoms with E-state index in [-0.39, 0.29) is 44.9 Å². The fourth-order valence-corrected chi connectivity index (χ4v) is 4.15. The Bertz CT molecular complexity index is 1280. The largest absolute Gasteiger partial charge is 0.506 e. The second-order valence-electron chi connectivity index (χ2n) is 7.17. The number of carbonyl (C=O) groups excluding carboxylic acids is 2. The number of nitrogens with zero attached hydrogens (tertiary/aromatic N) is 2. The number of aliphatic hydroxyl groups excluding tert-OH is 1. The van der Waals surface area contributed by atoms with Gasteiger partial charge in [0, 0.05) is 5.56 Å². The molecule has 1 aliphatic heterocycles. The van der Waals surface area contributed by atoms with Crippen molar-refractivity contribution in [3.8, 4) is 11.5 Å². The first-order valence-corrected chi connectivity index (χ1v) is 11.1. The number of carbonyl (C=O) groups is 2. The summed E-state index contributed by atoms with van der Waals surface area (Å²) in [5.74, 6) is -1.63. The van der Waals surface area contributed by atoms with E-state index in [2.05, 4.69) is 4.99 Å². The van der Waals surface area contributed by atoms with Crippen molar-refractivity contribution in [1.82, 2.24) is 0 Å². The highest BCUT2D eigenvalue weighted by Gasteiger charge is 2.34. The monoisotopic (exact) mass is 498 g/mol. The van der Waals surface area contributed by atoms with Crippen molar-refractivity contribution in [2.24, 2.45) is 4.99 Å². The number of hydrogen-bond acceptors (Lipinski definition) is 9. The van der Waals surface area contributed by atoms with E-state index in [1.54, 1.807) is 31.2 Å². The Kier molecular flexibility index (Phi) is 7.92. The van der Waals surface area contributed by atoms with Crippen LogP contribution in [0.2, 0.25) is 0 Å². The SMILES string of the molecule is CCOC(=O)C1=C(O)/C(=C\c2cc(OC)c(OC)cc2[N+](=O)[O-])SC1=NC(=O)c1ccc(C)cc1. The van der Waals surface area contributed by atoms with Gasteiger partial charge in [0.15, 0.2) is 11.5 Å². The lowest BCUT2D eigenvalue weighted by molar-refractivity contribution is -0.385. The summed E-state index contributed by atoms with van der Waals surface area (Å²) in [6.07, 6.45) is 1.30. The van der Waals surface area contributed by atoms with Gasteiger partial charge in [-0.05, 0) is 38.1 Å². The minimum absolute atomic E-state index is 0.0274. The van der Waals surface area contributed by atoms with Gasteiger partial charge < -0.3 is 19.3 Å². The predicted molar refractivity (Wildman–Crippen MR) is 131 cm³/mol. The molecule has 35 heavy (non-hydrogen) atoms. The van der Waals surface area contributed by atoms with Crippen LogP contribution in [0.5, 0.6) is 11.5 Å². The van der Waals surface area contributed by atoms with Gasteiger partial charge in [-0.1, -0.05) is 29.5 Å². The number of rotatable bonds is 7. The molecule has 0 bridgehead atoms. The first kappa shape index (κ1) is 25.5. The van der Waals surface area contributed by atoms with Crippen LogP contribution in [0.15, 0.2) is 57.6 Å². The van der Waals surface area contributed by atoms with Crippen LogP contribution in [0, 0.1) is 17.0 Å². The van der Waals surface area contributed by atoms with Crippen LogP contribution in [0.3, 0.4) is 0 Å². The summed E-state index contributed by atoms with van der Waals surface area (Å²) in [6, 6.07) is 9.24. The number of thioether (sulfide) groups is 1. The number of aliphatic imine (C=N–C) groups is 1. The zero-order chi connectivity index (χ0) is 25.7. The Morgan fingerprint density at radius 3 is 2.34 bits per heavy atom. The number of aliphatic hydroxyl groups is 1. The molecule has 1 amide bonds. The second-order valence-corrected chi connectivity index (χ2v) is 8.20. The van der Waals surface area contributed by atoms with Gasteiger partial charge >= 0.3 is 5.97 Å². The summed E-state index contributed by atoms with van der Waals surface area (Å²) in [5.41, 5.74) is 0.709. The van der Waals surface area contributed by atoms with Crippen molar-refractivity contribution in [3.63, 3.8) is 0 Å². The number of aryl methyl sites for hydroxylation is 1. The smallest absolute Gasteiger partial charge is 0.344 e. The zero-order valence-corrected chi connectivity index (χ0v) is 20.2. The molecule has 0 saturated carbocycles. The van der Waals surface area contributed by atoms with Crippen molar-refractivity contribution in [2.75, 3.05) is 20.8 Å². The van der Waals surface area contributed by atoms with E-state index in [1.165, 1.54) is 32.4 Å². The highest BCUT2D eigenvalue weighted by atomic mass is 32.2. The van der Waals surface area contributed by atoms with Crippen LogP contribution in [-0.2, 0) is 9.53 Å². The zero-order valence-electron chi connectivity index (χ0n) is 19.4. The molecule has 0 saturated heterocycles. The van der Waals surface area contributed by atoms with Crippen molar-refractivity contribution in [3.05, 3.63) is 79.4 Å². The standard InChI is InChI=1S/C24H22N2O8S/c1-5-34-24(29)20-21(27)19(35-23(20)25-22(28)14-8-6-13(2)7-9-14)11-15-10-17(32-3)18(33-4)12-16(15)26(30)31/h6-12,27H,5H2,1-4H3/b19-11+,25-23?. The Labute approximate surface area is 205 Å². The van der Waals surface area contributed by atoms with Crippen molar-refractivity contribution in [1.29, 1.82) is 0 Å². The third-order valence-electron chi connectivity index (χ3n) is 4.89. The van der Waals surface area contributed by atoms with E-state index in [0.717, 1.165) is 17.3 Å². The normalized spacial score (nSPS) is 15.4. The molecule has 1 N–H and O–H groups in total. The van der Waals surface area contributed by atoms with Gasteiger partial charge in [0.25, 0.3) is 11.6 Å². The number of esters is 1. The molecule has 0 aliphatic carbocycles. The molecule has 0 unspecified atom stereocenters. The lowest BCUT2D eigenvalue weighted by Gasteiger charge is -2.09. The van der Waals surface area contributed by atoms with Crippen LogP contribution >= 0.6 is 11.8 Å². The number of methoxy groups -OCH3 is 2. The molecule has 1 aliphatic rings. The third kappa shape index (κ3) is 5.52. The first-order chi connectivity index (χ1) is 16.7. The number of nitro benzene ring substituents is 1. The summed E-state index contributed by atoms with van der Waals surface area (Å²) in [7, 11) is 2.73. The van der Waals surface area contributed by atoms with Gasteiger partial charge in [0.1, 0.15) is 16.4 Å². The van der Waals surface area contributed by atoms with Gasteiger partial charge in [0.2, 0.25) is 0 Å². The van der Waals surface area contributed by atoms with Gasteiger partial charge in [0.05, 0.1) is 42.3 Å². The average molecular weight is 499 g/mol. The van der Waals surface area contributed by atoms with Crippen LogP contribution in [0.4, 0.5) is 5.69 Å². The first-order valence-electron chi connectivity index (χ1n) is 10.3. The molecule has 2 aromatic rings. The van der Waals surface area contributed by atoms with Crippen molar-refractivity contribution < 1.29 is 33.8 Å². The lowest BCUT2D eigenvalue weighted by Crippen LogP contribution is -2.14. The van der Waals surface area contributed by atoms with Crippen molar-refractivity contribution in [2.45, 2.75) is 13.8 Å². The molecule has 0 radical (unpaired) electrons. The molecule has 0 atom stereocenters. The molecule has 1 heterocycles. The minimum atomic E-state index is -0.877. The van der Waals surface area contributed by atoms with Crippen LogP contribution in [0.1, 0.15) is 28.4 Å². The van der Waals surface area contributed by atoms with Gasteiger partial charge in [-0.15, -0.1) is 0 Å². The van der Waals surface area contributed by atoms with Crippen LogP contribution < -0.4 is 9.47 Å². The summed E-state index contributed by atoms with van der Waals surface area (Å²) in [4.78, 5) is 40.4. The predicted octanol–water partition coefficient (Wildman–Crippen LogP) is 4.62. The number of nitro groups is 1. The Morgan fingerprint density at radius 1 is 1.14 bits per heavy atom. The van der Waals surface area contributed by atoms with Crippen LogP contribution in [0.25, 0.3) is 6.08 Å². The maximum atomic E-state index is 12.7. The van der Waals surface area contributed by atoms with Gasteiger partial charge in [-0.3, -0.25) is 14.9 Å².